The SMILES string of the molecule is CCOC(=O)C(C)(N)CCSc1ccccc1Br. The second-order valence-corrected chi connectivity index (χ2v) is 6.16. The van der Waals surface area contributed by atoms with E-state index in [1.165, 1.54) is 0 Å². The first-order valence-electron chi connectivity index (χ1n) is 5.81. The molecule has 0 saturated carbocycles. The third kappa shape index (κ3) is 4.63. The monoisotopic (exact) mass is 331 g/mol. The summed E-state index contributed by atoms with van der Waals surface area (Å²) in [5, 5.41) is 0. The van der Waals surface area contributed by atoms with Gasteiger partial charge in [0.2, 0.25) is 0 Å². The van der Waals surface area contributed by atoms with Crippen molar-refractivity contribution in [3.8, 4) is 0 Å². The number of ether oxygens (including phenoxy) is 1. The number of rotatable bonds is 6. The van der Waals surface area contributed by atoms with E-state index in [2.05, 4.69) is 15.9 Å². The molecule has 0 saturated heterocycles. The van der Waals surface area contributed by atoms with Crippen molar-refractivity contribution < 1.29 is 9.53 Å². The van der Waals surface area contributed by atoms with Crippen molar-refractivity contribution in [1.29, 1.82) is 0 Å². The van der Waals surface area contributed by atoms with Gasteiger partial charge in [-0.05, 0) is 48.3 Å². The van der Waals surface area contributed by atoms with Gasteiger partial charge in [0.25, 0.3) is 0 Å². The Bertz CT molecular complexity index is 410. The lowest BCUT2D eigenvalue weighted by atomic mass is 10.0. The van der Waals surface area contributed by atoms with Crippen LogP contribution in [-0.2, 0) is 9.53 Å². The largest absolute Gasteiger partial charge is 0.465 e. The fourth-order valence-corrected chi connectivity index (χ4v) is 3.09. The van der Waals surface area contributed by atoms with Gasteiger partial charge in [-0.1, -0.05) is 12.1 Å². The van der Waals surface area contributed by atoms with Gasteiger partial charge in [-0.2, -0.15) is 0 Å². The van der Waals surface area contributed by atoms with E-state index in [0.717, 1.165) is 15.1 Å². The van der Waals surface area contributed by atoms with Crippen LogP contribution in [0.2, 0.25) is 0 Å². The van der Waals surface area contributed by atoms with E-state index < -0.39 is 5.54 Å². The van der Waals surface area contributed by atoms with Crippen molar-refractivity contribution in [2.24, 2.45) is 5.73 Å². The van der Waals surface area contributed by atoms with Gasteiger partial charge in [-0.3, -0.25) is 4.79 Å². The summed E-state index contributed by atoms with van der Waals surface area (Å²) in [6.45, 7) is 3.86. The Balaban J connectivity index is 2.46. The molecule has 3 nitrogen and oxygen atoms in total. The van der Waals surface area contributed by atoms with E-state index in [9.17, 15) is 4.79 Å². The Morgan fingerprint density at radius 2 is 2.17 bits per heavy atom. The summed E-state index contributed by atoms with van der Waals surface area (Å²) in [5.41, 5.74) is 5.04. The molecule has 0 amide bonds. The Kier molecular flexibility index (Phi) is 6.18. The lowest BCUT2D eigenvalue weighted by Crippen LogP contribution is -2.46. The number of benzene rings is 1. The molecule has 1 unspecified atom stereocenters. The molecule has 5 heteroatoms. The number of hydrogen-bond donors (Lipinski definition) is 1. The summed E-state index contributed by atoms with van der Waals surface area (Å²) in [7, 11) is 0. The summed E-state index contributed by atoms with van der Waals surface area (Å²) in [6, 6.07) is 7.99. The molecule has 0 aliphatic rings. The van der Waals surface area contributed by atoms with Crippen LogP contribution < -0.4 is 5.73 Å². The van der Waals surface area contributed by atoms with Crippen molar-refractivity contribution in [2.45, 2.75) is 30.7 Å². The average Bonchev–Trinajstić information content (AvgIpc) is 2.32. The topological polar surface area (TPSA) is 52.3 Å². The Labute approximate surface area is 121 Å². The molecule has 2 N–H and O–H groups in total. The van der Waals surface area contributed by atoms with Crippen LogP contribution in [0.4, 0.5) is 0 Å². The quantitative estimate of drug-likeness (QED) is 0.642. The number of halogens is 1. The summed E-state index contributed by atoms with van der Waals surface area (Å²) < 4.78 is 6.01. The van der Waals surface area contributed by atoms with Gasteiger partial charge in [0, 0.05) is 15.1 Å². The lowest BCUT2D eigenvalue weighted by Gasteiger charge is -2.21. The average molecular weight is 332 g/mol. The zero-order valence-electron chi connectivity index (χ0n) is 10.6. The van der Waals surface area contributed by atoms with E-state index in [1.807, 2.05) is 24.3 Å². The van der Waals surface area contributed by atoms with Crippen LogP contribution in [0.5, 0.6) is 0 Å². The van der Waals surface area contributed by atoms with Gasteiger partial charge in [0.15, 0.2) is 0 Å². The molecular formula is C13H18BrNO2S. The first-order valence-corrected chi connectivity index (χ1v) is 7.58. The number of carbonyl (C=O) groups excluding carboxylic acids is 1. The predicted octanol–water partition coefficient (Wildman–Crippen LogP) is 3.21. The van der Waals surface area contributed by atoms with Crippen molar-refractivity contribution in [2.75, 3.05) is 12.4 Å². The van der Waals surface area contributed by atoms with Gasteiger partial charge >= 0.3 is 5.97 Å². The zero-order chi connectivity index (χ0) is 13.6. The highest BCUT2D eigenvalue weighted by Crippen LogP contribution is 2.28. The molecular weight excluding hydrogens is 314 g/mol. The number of carbonyl (C=O) groups is 1. The molecule has 0 heterocycles. The first kappa shape index (κ1) is 15.5. The number of esters is 1. The molecule has 18 heavy (non-hydrogen) atoms. The van der Waals surface area contributed by atoms with Crippen LogP contribution in [0.3, 0.4) is 0 Å². The summed E-state index contributed by atoms with van der Waals surface area (Å²) in [6.07, 6.45) is 0.581. The number of nitrogens with two attached hydrogens (primary N) is 1. The van der Waals surface area contributed by atoms with Gasteiger partial charge < -0.3 is 10.5 Å². The highest BCUT2D eigenvalue weighted by atomic mass is 79.9. The molecule has 0 spiro atoms. The molecule has 0 aliphatic heterocycles. The Hall–Kier alpha value is -0.520. The minimum atomic E-state index is -0.912. The highest BCUT2D eigenvalue weighted by molar-refractivity contribution is 9.10. The fraction of sp³-hybridized carbons (Fsp3) is 0.462. The van der Waals surface area contributed by atoms with Crippen LogP contribution >= 0.6 is 27.7 Å². The fourth-order valence-electron chi connectivity index (χ4n) is 1.33. The van der Waals surface area contributed by atoms with Crippen molar-refractivity contribution in [1.82, 2.24) is 0 Å². The summed E-state index contributed by atoms with van der Waals surface area (Å²) >= 11 is 5.16. The third-order valence-corrected chi connectivity index (χ3v) is 4.49. The smallest absolute Gasteiger partial charge is 0.325 e. The maximum Gasteiger partial charge on any atom is 0.325 e. The second-order valence-electron chi connectivity index (χ2n) is 4.17. The normalized spacial score (nSPS) is 14.0. The Morgan fingerprint density at radius 1 is 1.50 bits per heavy atom. The maximum atomic E-state index is 11.6. The van der Waals surface area contributed by atoms with E-state index >= 15 is 0 Å². The zero-order valence-corrected chi connectivity index (χ0v) is 13.0. The standard InChI is InChI=1S/C13H18BrNO2S/c1-3-17-12(16)13(2,15)8-9-18-11-7-5-4-6-10(11)14/h4-7H,3,8-9,15H2,1-2H3. The van der Waals surface area contributed by atoms with Gasteiger partial charge in [-0.15, -0.1) is 11.8 Å². The third-order valence-electron chi connectivity index (χ3n) is 2.46. The molecule has 0 aromatic heterocycles. The second kappa shape index (κ2) is 7.16. The minimum absolute atomic E-state index is 0.335. The molecule has 1 aromatic carbocycles. The lowest BCUT2D eigenvalue weighted by molar-refractivity contribution is -0.149. The Morgan fingerprint density at radius 3 is 2.78 bits per heavy atom. The highest BCUT2D eigenvalue weighted by Gasteiger charge is 2.29. The van der Waals surface area contributed by atoms with Crippen LogP contribution in [0, 0.1) is 0 Å². The first-order chi connectivity index (χ1) is 8.47. The molecule has 1 atom stereocenters. The summed E-state index contributed by atoms with van der Waals surface area (Å²) in [5.74, 6) is 0.437. The minimum Gasteiger partial charge on any atom is -0.465 e. The molecule has 0 fully saturated rings. The van der Waals surface area contributed by atoms with Gasteiger partial charge in [0.1, 0.15) is 5.54 Å². The van der Waals surface area contributed by atoms with Crippen LogP contribution in [0.15, 0.2) is 33.6 Å². The molecule has 100 valence electrons. The van der Waals surface area contributed by atoms with Crippen LogP contribution in [0.25, 0.3) is 0 Å². The van der Waals surface area contributed by atoms with E-state index in [4.69, 9.17) is 10.5 Å². The number of hydrogen-bond acceptors (Lipinski definition) is 4. The molecule has 0 bridgehead atoms. The van der Waals surface area contributed by atoms with Crippen molar-refractivity contribution in [3.63, 3.8) is 0 Å². The summed E-state index contributed by atoms with van der Waals surface area (Å²) in [4.78, 5) is 12.8. The maximum absolute atomic E-state index is 11.6. The van der Waals surface area contributed by atoms with Crippen molar-refractivity contribution >= 4 is 33.7 Å². The predicted molar refractivity (Wildman–Crippen MR) is 78.7 cm³/mol. The van der Waals surface area contributed by atoms with Gasteiger partial charge in [0.05, 0.1) is 6.61 Å². The number of thioether (sulfide) groups is 1. The molecule has 1 rings (SSSR count). The van der Waals surface area contributed by atoms with E-state index in [1.54, 1.807) is 25.6 Å². The van der Waals surface area contributed by atoms with E-state index in [-0.39, 0.29) is 5.97 Å². The van der Waals surface area contributed by atoms with Crippen LogP contribution in [-0.4, -0.2) is 23.9 Å². The molecule has 0 radical (unpaired) electrons. The van der Waals surface area contributed by atoms with E-state index in [0.29, 0.717) is 13.0 Å². The molecule has 1 aromatic rings. The van der Waals surface area contributed by atoms with Crippen LogP contribution in [0.1, 0.15) is 20.3 Å². The molecule has 0 aliphatic carbocycles. The van der Waals surface area contributed by atoms with Crippen molar-refractivity contribution in [3.05, 3.63) is 28.7 Å². The van der Waals surface area contributed by atoms with Gasteiger partial charge in [-0.25, -0.2) is 0 Å².